The van der Waals surface area contributed by atoms with Crippen LogP contribution in [-0.2, 0) is 6.54 Å². The molecule has 0 fully saturated rings. The molecule has 2 aromatic rings. The van der Waals surface area contributed by atoms with Crippen molar-refractivity contribution in [3.8, 4) is 12.1 Å². The van der Waals surface area contributed by atoms with Crippen molar-refractivity contribution < 1.29 is 4.74 Å². The molecular formula is C16H17N3O. The van der Waals surface area contributed by atoms with Gasteiger partial charge in [0.05, 0.1) is 29.2 Å². The van der Waals surface area contributed by atoms with E-state index in [1.165, 1.54) is 0 Å². The van der Waals surface area contributed by atoms with Crippen molar-refractivity contribution in [3.05, 3.63) is 35.9 Å². The Morgan fingerprint density at radius 3 is 3.25 bits per heavy atom. The van der Waals surface area contributed by atoms with Crippen LogP contribution in [0.4, 0.5) is 0 Å². The number of nitrogens with zero attached hydrogens (tertiary/aromatic N) is 3. The minimum Gasteiger partial charge on any atom is -0.459 e. The quantitative estimate of drug-likeness (QED) is 0.630. The zero-order valence-corrected chi connectivity index (χ0v) is 11.5. The molecule has 1 aromatic carbocycles. The van der Waals surface area contributed by atoms with Gasteiger partial charge in [0.2, 0.25) is 0 Å². The zero-order valence-electron chi connectivity index (χ0n) is 11.5. The SMILES string of the molecule is C/C=C/CCCC1Cn2c(nc3cc(C#N)ccc32)O1. The Morgan fingerprint density at radius 1 is 1.55 bits per heavy atom. The molecule has 0 saturated carbocycles. The fraction of sp³-hybridized carbons (Fsp3) is 0.375. The zero-order chi connectivity index (χ0) is 13.9. The van der Waals surface area contributed by atoms with E-state index in [4.69, 9.17) is 10.00 Å². The van der Waals surface area contributed by atoms with Crippen molar-refractivity contribution in [1.29, 1.82) is 5.26 Å². The first-order valence-electron chi connectivity index (χ1n) is 7.00. The summed E-state index contributed by atoms with van der Waals surface area (Å²) in [5, 5.41) is 8.91. The second-order valence-electron chi connectivity index (χ2n) is 5.06. The molecule has 0 N–H and O–H groups in total. The maximum atomic E-state index is 8.91. The molecule has 1 aliphatic heterocycles. The van der Waals surface area contributed by atoms with Crippen LogP contribution in [0.5, 0.6) is 6.01 Å². The predicted molar refractivity (Wildman–Crippen MR) is 77.5 cm³/mol. The van der Waals surface area contributed by atoms with E-state index < -0.39 is 0 Å². The Morgan fingerprint density at radius 2 is 2.45 bits per heavy atom. The molecule has 1 aliphatic rings. The molecule has 1 aromatic heterocycles. The highest BCUT2D eigenvalue weighted by Crippen LogP contribution is 2.29. The van der Waals surface area contributed by atoms with E-state index in [0.29, 0.717) is 11.6 Å². The summed E-state index contributed by atoms with van der Waals surface area (Å²) >= 11 is 0. The summed E-state index contributed by atoms with van der Waals surface area (Å²) in [6, 6.07) is 8.42. The molecule has 4 nitrogen and oxygen atoms in total. The van der Waals surface area contributed by atoms with Gasteiger partial charge >= 0.3 is 0 Å². The van der Waals surface area contributed by atoms with Gasteiger partial charge in [-0.15, -0.1) is 0 Å². The van der Waals surface area contributed by atoms with Crippen molar-refractivity contribution in [3.63, 3.8) is 0 Å². The number of rotatable bonds is 4. The molecule has 0 aliphatic carbocycles. The fourth-order valence-corrected chi connectivity index (χ4v) is 2.61. The number of fused-ring (bicyclic) bond motifs is 3. The second kappa shape index (κ2) is 5.38. The molecule has 20 heavy (non-hydrogen) atoms. The first-order chi connectivity index (χ1) is 9.81. The number of benzene rings is 1. The van der Waals surface area contributed by atoms with E-state index in [1.54, 1.807) is 0 Å². The van der Waals surface area contributed by atoms with E-state index >= 15 is 0 Å². The molecule has 1 unspecified atom stereocenters. The molecule has 2 heterocycles. The summed E-state index contributed by atoms with van der Waals surface area (Å²) in [6.07, 6.45) is 7.78. The van der Waals surface area contributed by atoms with Crippen LogP contribution in [0.25, 0.3) is 11.0 Å². The average Bonchev–Trinajstić information content (AvgIpc) is 2.99. The number of unbranched alkanes of at least 4 members (excludes halogenated alkanes) is 1. The van der Waals surface area contributed by atoms with E-state index in [1.807, 2.05) is 25.1 Å². The Hall–Kier alpha value is -2.28. The van der Waals surface area contributed by atoms with Gasteiger partial charge in [-0.25, -0.2) is 0 Å². The lowest BCUT2D eigenvalue weighted by atomic mass is 10.1. The number of allylic oxidation sites excluding steroid dienone is 2. The number of hydrogen-bond donors (Lipinski definition) is 0. The third kappa shape index (κ3) is 2.27. The summed E-state index contributed by atoms with van der Waals surface area (Å²) in [6.45, 7) is 2.90. The molecule has 0 spiro atoms. The Balaban J connectivity index is 1.73. The number of imidazole rings is 1. The highest BCUT2D eigenvalue weighted by atomic mass is 16.5. The second-order valence-corrected chi connectivity index (χ2v) is 5.06. The maximum Gasteiger partial charge on any atom is 0.297 e. The first-order valence-corrected chi connectivity index (χ1v) is 7.00. The van der Waals surface area contributed by atoms with Gasteiger partial charge in [0.25, 0.3) is 6.01 Å². The van der Waals surface area contributed by atoms with Crippen molar-refractivity contribution in [2.45, 2.75) is 38.8 Å². The lowest BCUT2D eigenvalue weighted by Crippen LogP contribution is -2.14. The number of nitriles is 1. The molecule has 0 amide bonds. The Labute approximate surface area is 118 Å². The van der Waals surface area contributed by atoms with Crippen molar-refractivity contribution >= 4 is 11.0 Å². The van der Waals surface area contributed by atoms with Gasteiger partial charge in [0.1, 0.15) is 6.10 Å². The maximum absolute atomic E-state index is 8.91. The first kappa shape index (κ1) is 12.7. The molecular weight excluding hydrogens is 250 g/mol. The Kier molecular flexibility index (Phi) is 3.42. The van der Waals surface area contributed by atoms with E-state index in [-0.39, 0.29) is 6.10 Å². The van der Waals surface area contributed by atoms with Gasteiger partial charge in [-0.2, -0.15) is 10.2 Å². The van der Waals surface area contributed by atoms with Gasteiger partial charge in [0, 0.05) is 0 Å². The van der Waals surface area contributed by atoms with E-state index in [9.17, 15) is 0 Å². The van der Waals surface area contributed by atoms with Crippen LogP contribution in [0, 0.1) is 11.3 Å². The summed E-state index contributed by atoms with van der Waals surface area (Å²) in [5.41, 5.74) is 2.53. The summed E-state index contributed by atoms with van der Waals surface area (Å²) < 4.78 is 8.00. The Bertz CT molecular complexity index is 694. The van der Waals surface area contributed by atoms with Crippen LogP contribution in [0.1, 0.15) is 31.7 Å². The molecule has 0 bridgehead atoms. The van der Waals surface area contributed by atoms with Gasteiger partial charge in [0.15, 0.2) is 0 Å². The summed E-state index contributed by atoms with van der Waals surface area (Å²) in [7, 11) is 0. The monoisotopic (exact) mass is 267 g/mol. The number of ether oxygens (including phenoxy) is 1. The average molecular weight is 267 g/mol. The van der Waals surface area contributed by atoms with Crippen molar-refractivity contribution in [1.82, 2.24) is 9.55 Å². The van der Waals surface area contributed by atoms with Crippen LogP contribution in [-0.4, -0.2) is 15.7 Å². The smallest absolute Gasteiger partial charge is 0.297 e. The summed E-state index contributed by atoms with van der Waals surface area (Å²) in [4.78, 5) is 4.47. The van der Waals surface area contributed by atoms with Crippen LogP contribution >= 0.6 is 0 Å². The molecule has 1 atom stereocenters. The van der Waals surface area contributed by atoms with E-state index in [2.05, 4.69) is 27.8 Å². The minimum absolute atomic E-state index is 0.225. The van der Waals surface area contributed by atoms with Gasteiger partial charge < -0.3 is 4.74 Å². The molecule has 102 valence electrons. The highest BCUT2D eigenvalue weighted by molar-refractivity contribution is 5.78. The highest BCUT2D eigenvalue weighted by Gasteiger charge is 2.25. The fourth-order valence-electron chi connectivity index (χ4n) is 2.61. The molecule has 4 heteroatoms. The minimum atomic E-state index is 0.225. The van der Waals surface area contributed by atoms with Crippen molar-refractivity contribution in [2.24, 2.45) is 0 Å². The predicted octanol–water partition coefficient (Wildman–Crippen LogP) is 3.42. The van der Waals surface area contributed by atoms with Gasteiger partial charge in [-0.1, -0.05) is 12.2 Å². The number of aromatic nitrogens is 2. The topological polar surface area (TPSA) is 50.8 Å². The van der Waals surface area contributed by atoms with Crippen LogP contribution in [0.2, 0.25) is 0 Å². The van der Waals surface area contributed by atoms with E-state index in [0.717, 1.165) is 36.8 Å². The lowest BCUT2D eigenvalue weighted by Gasteiger charge is -2.08. The molecule has 0 radical (unpaired) electrons. The molecule has 3 rings (SSSR count). The van der Waals surface area contributed by atoms with Gasteiger partial charge in [-0.05, 0) is 44.4 Å². The third-order valence-electron chi connectivity index (χ3n) is 3.63. The molecule has 0 saturated heterocycles. The van der Waals surface area contributed by atoms with Crippen molar-refractivity contribution in [2.75, 3.05) is 0 Å². The largest absolute Gasteiger partial charge is 0.459 e. The standard InChI is InChI=1S/C16H17N3O/c1-2-3-4-5-6-13-11-19-15-8-7-12(10-17)9-14(15)18-16(19)20-13/h2-3,7-9,13H,4-6,11H2,1H3/b3-2+. The summed E-state index contributed by atoms with van der Waals surface area (Å²) in [5.74, 6) is 0. The van der Waals surface area contributed by atoms with Gasteiger partial charge in [-0.3, -0.25) is 4.57 Å². The van der Waals surface area contributed by atoms with Crippen LogP contribution in [0.15, 0.2) is 30.4 Å². The van der Waals surface area contributed by atoms with Crippen LogP contribution in [0.3, 0.4) is 0 Å². The number of hydrogen-bond acceptors (Lipinski definition) is 3. The lowest BCUT2D eigenvalue weighted by molar-refractivity contribution is 0.211. The van der Waals surface area contributed by atoms with Crippen LogP contribution < -0.4 is 4.74 Å². The third-order valence-corrected chi connectivity index (χ3v) is 3.63. The normalized spacial score (nSPS) is 17.3.